The largest absolute Gasteiger partial charge is 0.453 e. The Morgan fingerprint density at radius 1 is 1.24 bits per heavy atom. The Morgan fingerprint density at radius 3 is 2.78 bits per heavy atom. The summed E-state index contributed by atoms with van der Waals surface area (Å²) in [7, 11) is 1.31. The van der Waals surface area contributed by atoms with Gasteiger partial charge in [0.2, 0.25) is 6.19 Å². The maximum atomic E-state index is 11.2. The Kier molecular flexibility index (Phi) is 12.7. The molecule has 1 aromatic carbocycles. The highest BCUT2D eigenvalue weighted by Gasteiger charge is 2.19. The third-order valence-electron chi connectivity index (χ3n) is 5.60. The summed E-state index contributed by atoms with van der Waals surface area (Å²) < 4.78 is 4.55. The number of ether oxygens (including phenoxy) is 1. The Hall–Kier alpha value is -3.85. The number of amides is 1. The second-order valence-corrected chi connectivity index (χ2v) is 10.5. The number of nitriles is 1. The predicted octanol–water partition coefficient (Wildman–Crippen LogP) is 5.96. The van der Waals surface area contributed by atoms with Crippen molar-refractivity contribution in [3.05, 3.63) is 93.0 Å². The van der Waals surface area contributed by atoms with Crippen molar-refractivity contribution in [2.24, 2.45) is 10.1 Å². The summed E-state index contributed by atoms with van der Waals surface area (Å²) in [5.41, 5.74) is 5.13. The van der Waals surface area contributed by atoms with Gasteiger partial charge >= 0.3 is 6.09 Å². The van der Waals surface area contributed by atoms with Gasteiger partial charge in [0.1, 0.15) is 5.15 Å². The van der Waals surface area contributed by atoms with Crippen LogP contribution >= 0.6 is 35.0 Å². The molecule has 0 aliphatic carbocycles. The number of oxime groups is 1. The number of rotatable bonds is 8. The van der Waals surface area contributed by atoms with Crippen molar-refractivity contribution in [3.8, 4) is 6.19 Å². The van der Waals surface area contributed by atoms with Gasteiger partial charge in [0.25, 0.3) is 0 Å². The number of pyridine rings is 2. The SMILES string of the molecule is COC(=O)NCc1cc(/C(C)=N/OCc2cccc(C)n2)ccc1Cl.N#C/N=C1\SCCN1Cc1ccc(Cl)nc1. The minimum atomic E-state index is -0.513. The Labute approximate surface area is 253 Å². The zero-order chi connectivity index (χ0) is 29.6. The van der Waals surface area contributed by atoms with Crippen LogP contribution in [-0.4, -0.2) is 51.2 Å². The van der Waals surface area contributed by atoms with Crippen LogP contribution in [-0.2, 0) is 29.3 Å². The van der Waals surface area contributed by atoms with Crippen LogP contribution in [0.2, 0.25) is 10.2 Å². The zero-order valence-corrected chi connectivity index (χ0v) is 25.1. The van der Waals surface area contributed by atoms with Crippen molar-refractivity contribution < 1.29 is 14.4 Å². The summed E-state index contributed by atoms with van der Waals surface area (Å²) in [6.07, 6.45) is 3.06. The van der Waals surface area contributed by atoms with E-state index in [1.165, 1.54) is 7.11 Å². The Morgan fingerprint density at radius 2 is 2.07 bits per heavy atom. The van der Waals surface area contributed by atoms with E-state index in [9.17, 15) is 4.79 Å². The Balaban J connectivity index is 0.000000248. The van der Waals surface area contributed by atoms with Crippen LogP contribution < -0.4 is 5.32 Å². The molecule has 1 aliphatic heterocycles. The first-order valence-electron chi connectivity index (χ1n) is 12.4. The van der Waals surface area contributed by atoms with E-state index in [-0.39, 0.29) is 6.54 Å². The van der Waals surface area contributed by atoms with Gasteiger partial charge in [-0.25, -0.2) is 9.78 Å². The molecule has 2 aromatic heterocycles. The molecular weight excluding hydrogens is 585 g/mol. The van der Waals surface area contributed by atoms with Crippen LogP contribution in [0.4, 0.5) is 4.79 Å². The number of hydrogen-bond acceptors (Lipinski definition) is 9. The van der Waals surface area contributed by atoms with Crippen molar-refractivity contribution in [1.82, 2.24) is 20.2 Å². The van der Waals surface area contributed by atoms with E-state index in [1.54, 1.807) is 30.1 Å². The molecule has 1 fully saturated rings. The van der Waals surface area contributed by atoms with Gasteiger partial charge in [-0.2, -0.15) is 5.26 Å². The maximum Gasteiger partial charge on any atom is 0.407 e. The van der Waals surface area contributed by atoms with Crippen molar-refractivity contribution in [3.63, 3.8) is 0 Å². The standard InChI is InChI=1S/C18H20ClN3O3.C10H9ClN4S/c1-12-5-4-6-16(21-12)11-25-22-13(2)14-7-8-17(19)15(9-14)10-20-18(23)24-3;11-9-2-1-8(5-13-9)6-15-3-4-16-10(15)14-7-12/h4-9H,10-11H2,1-3H3,(H,20,23);1-2,5H,3-4,6H2/b22-13+;14-10-. The normalized spacial score (nSPS) is 13.7. The van der Waals surface area contributed by atoms with Crippen molar-refractivity contribution in [2.75, 3.05) is 19.4 Å². The number of thioether (sulfide) groups is 1. The summed E-state index contributed by atoms with van der Waals surface area (Å²) in [5.74, 6) is 0.974. The molecule has 1 amide bonds. The molecule has 0 unspecified atom stereocenters. The minimum Gasteiger partial charge on any atom is -0.453 e. The van der Waals surface area contributed by atoms with Gasteiger partial charge < -0.3 is 19.8 Å². The highest BCUT2D eigenvalue weighted by Crippen LogP contribution is 2.21. The fourth-order valence-electron chi connectivity index (χ4n) is 3.55. The van der Waals surface area contributed by atoms with Gasteiger partial charge in [-0.1, -0.05) is 58.3 Å². The molecule has 13 heteroatoms. The highest BCUT2D eigenvalue weighted by atomic mass is 35.5. The number of nitrogens with one attached hydrogen (secondary N) is 1. The molecule has 3 heterocycles. The zero-order valence-electron chi connectivity index (χ0n) is 22.8. The first-order valence-corrected chi connectivity index (χ1v) is 14.2. The highest BCUT2D eigenvalue weighted by molar-refractivity contribution is 8.14. The van der Waals surface area contributed by atoms with E-state index in [4.69, 9.17) is 33.3 Å². The number of aryl methyl sites for hydroxylation is 1. The second-order valence-electron chi connectivity index (χ2n) is 8.63. The quantitative estimate of drug-likeness (QED) is 0.143. The average molecular weight is 615 g/mol. The lowest BCUT2D eigenvalue weighted by atomic mass is 10.1. The molecule has 1 N–H and O–H groups in total. The van der Waals surface area contributed by atoms with Gasteiger partial charge in [-0.15, -0.1) is 4.99 Å². The summed E-state index contributed by atoms with van der Waals surface area (Å²) in [4.78, 5) is 30.8. The van der Waals surface area contributed by atoms with Crippen LogP contribution in [0.25, 0.3) is 0 Å². The van der Waals surface area contributed by atoms with E-state index < -0.39 is 6.09 Å². The number of aliphatic imine (C=N–C) groups is 1. The predicted molar refractivity (Wildman–Crippen MR) is 162 cm³/mol. The van der Waals surface area contributed by atoms with Gasteiger partial charge in [-0.3, -0.25) is 4.98 Å². The minimum absolute atomic E-state index is 0.265. The molecule has 4 rings (SSSR count). The fourth-order valence-corrected chi connectivity index (χ4v) is 4.78. The number of methoxy groups -OCH3 is 1. The first kappa shape index (κ1) is 31.7. The molecule has 0 saturated carbocycles. The molecule has 0 radical (unpaired) electrons. The monoisotopic (exact) mass is 613 g/mol. The van der Waals surface area contributed by atoms with Crippen LogP contribution in [0.1, 0.15) is 35.0 Å². The van der Waals surface area contributed by atoms with Gasteiger partial charge in [0, 0.05) is 42.3 Å². The van der Waals surface area contributed by atoms with E-state index in [1.807, 2.05) is 56.4 Å². The van der Waals surface area contributed by atoms with E-state index in [0.717, 1.165) is 52.1 Å². The summed E-state index contributed by atoms with van der Waals surface area (Å²) in [6.45, 7) is 5.95. The summed E-state index contributed by atoms with van der Waals surface area (Å²) in [6, 6.07) is 14.9. The van der Waals surface area contributed by atoms with Crippen LogP contribution in [0.5, 0.6) is 0 Å². The number of hydrogen-bond donors (Lipinski definition) is 1. The average Bonchev–Trinajstić information content (AvgIpc) is 3.40. The smallest absolute Gasteiger partial charge is 0.407 e. The topological polar surface area (TPSA) is 125 Å². The molecule has 41 heavy (non-hydrogen) atoms. The fraction of sp³-hybridized carbons (Fsp3) is 0.286. The number of amidine groups is 1. The van der Waals surface area contributed by atoms with Gasteiger partial charge in [0.15, 0.2) is 11.8 Å². The number of benzene rings is 1. The first-order chi connectivity index (χ1) is 19.8. The summed E-state index contributed by atoms with van der Waals surface area (Å²) in [5, 5.41) is 17.1. The lowest BCUT2D eigenvalue weighted by molar-refractivity contribution is 0.127. The molecule has 3 aromatic rings. The third-order valence-corrected chi connectivity index (χ3v) is 7.19. The second kappa shape index (κ2) is 16.4. The number of alkyl carbamates (subject to hydrolysis) is 1. The van der Waals surface area contributed by atoms with Crippen molar-refractivity contribution >= 4 is 51.9 Å². The van der Waals surface area contributed by atoms with Crippen molar-refractivity contribution in [2.45, 2.75) is 33.5 Å². The number of halogens is 2. The lowest BCUT2D eigenvalue weighted by Crippen LogP contribution is -2.23. The van der Waals surface area contributed by atoms with Crippen LogP contribution in [0.15, 0.2) is 64.9 Å². The van der Waals surface area contributed by atoms with Gasteiger partial charge in [0.05, 0.1) is 18.5 Å². The maximum absolute atomic E-state index is 11.2. The summed E-state index contributed by atoms with van der Waals surface area (Å²) >= 11 is 13.5. The third kappa shape index (κ3) is 10.6. The van der Waals surface area contributed by atoms with E-state index in [0.29, 0.717) is 22.5 Å². The number of carbonyl (C=O) groups is 1. The molecule has 0 atom stereocenters. The van der Waals surface area contributed by atoms with E-state index in [2.05, 4.69) is 35.1 Å². The molecule has 1 aliphatic rings. The van der Waals surface area contributed by atoms with E-state index >= 15 is 0 Å². The van der Waals surface area contributed by atoms with Gasteiger partial charge in [-0.05, 0) is 60.9 Å². The number of aromatic nitrogens is 2. The molecule has 1 saturated heterocycles. The Bertz CT molecular complexity index is 1430. The number of nitrogens with zero attached hydrogens (tertiary/aromatic N) is 6. The molecule has 0 bridgehead atoms. The van der Waals surface area contributed by atoms with Crippen molar-refractivity contribution in [1.29, 1.82) is 5.26 Å². The molecular formula is C28H29Cl2N7O3S. The molecule has 0 spiro atoms. The molecule has 10 nitrogen and oxygen atoms in total. The van der Waals surface area contributed by atoms with Crippen LogP contribution in [0.3, 0.4) is 0 Å². The van der Waals surface area contributed by atoms with Crippen LogP contribution in [0, 0.1) is 18.4 Å². The molecule has 214 valence electrons. The lowest BCUT2D eigenvalue weighted by Gasteiger charge is -2.16. The number of carbonyl (C=O) groups excluding carboxylic acids is 1.